The highest BCUT2D eigenvalue weighted by atomic mass is 13.7. The molecule has 0 spiro atoms. The molecule has 0 amide bonds. The van der Waals surface area contributed by atoms with E-state index in [0.717, 1.165) is 5.57 Å². The number of rotatable bonds is 1. The van der Waals surface area contributed by atoms with Gasteiger partial charge in [0.2, 0.25) is 0 Å². The SMILES string of the molecule is C=C.[CH2]/C=C(/C)C=C. The number of allylic oxidation sites excluding steroid dienone is 3. The third-order valence-electron chi connectivity index (χ3n) is 0.644. The fraction of sp³-hybridized carbons (Fsp3) is 0.125. The second-order valence-electron chi connectivity index (χ2n) is 1.15. The summed E-state index contributed by atoms with van der Waals surface area (Å²) in [6, 6.07) is 0. The molecule has 0 fully saturated rings. The van der Waals surface area contributed by atoms with E-state index in [9.17, 15) is 0 Å². The van der Waals surface area contributed by atoms with Gasteiger partial charge in [-0.15, -0.1) is 13.2 Å². The summed E-state index contributed by atoms with van der Waals surface area (Å²) in [5, 5.41) is 0. The van der Waals surface area contributed by atoms with E-state index < -0.39 is 0 Å². The first-order chi connectivity index (χ1) is 3.81. The van der Waals surface area contributed by atoms with Crippen LogP contribution in [0.4, 0.5) is 0 Å². The van der Waals surface area contributed by atoms with Gasteiger partial charge in [-0.25, -0.2) is 0 Å². The molecule has 0 aliphatic heterocycles. The molecule has 8 heavy (non-hydrogen) atoms. The molecule has 0 saturated heterocycles. The van der Waals surface area contributed by atoms with Gasteiger partial charge >= 0.3 is 0 Å². The van der Waals surface area contributed by atoms with Crippen molar-refractivity contribution in [2.45, 2.75) is 6.92 Å². The molecule has 0 aliphatic carbocycles. The maximum Gasteiger partial charge on any atom is -0.0310 e. The van der Waals surface area contributed by atoms with Crippen LogP contribution in [0.2, 0.25) is 0 Å². The number of hydrogen-bond donors (Lipinski definition) is 0. The van der Waals surface area contributed by atoms with Gasteiger partial charge in [0.05, 0.1) is 0 Å². The summed E-state index contributed by atoms with van der Waals surface area (Å²) in [7, 11) is 0. The Kier molecular flexibility index (Phi) is 12.2. The molecule has 0 saturated carbocycles. The smallest absolute Gasteiger partial charge is 0.0310 e. The predicted molar refractivity (Wildman–Crippen MR) is 40.6 cm³/mol. The Balaban J connectivity index is 0. The summed E-state index contributed by atoms with van der Waals surface area (Å²) in [6.45, 7) is 15.0. The molecule has 0 bridgehead atoms. The van der Waals surface area contributed by atoms with Crippen molar-refractivity contribution in [3.8, 4) is 0 Å². The molecule has 0 aromatic heterocycles. The van der Waals surface area contributed by atoms with Crippen LogP contribution in [-0.2, 0) is 0 Å². The van der Waals surface area contributed by atoms with Gasteiger partial charge in [-0.2, -0.15) is 0 Å². The highest BCUT2D eigenvalue weighted by Gasteiger charge is 1.66. The minimum absolute atomic E-state index is 1.12. The van der Waals surface area contributed by atoms with E-state index >= 15 is 0 Å². The highest BCUT2D eigenvalue weighted by molar-refractivity contribution is 5.13. The van der Waals surface area contributed by atoms with E-state index in [2.05, 4.69) is 26.7 Å². The van der Waals surface area contributed by atoms with Crippen LogP contribution in [0.5, 0.6) is 0 Å². The van der Waals surface area contributed by atoms with Crippen LogP contribution in [0.25, 0.3) is 0 Å². The first kappa shape index (κ1) is 10.3. The van der Waals surface area contributed by atoms with Gasteiger partial charge in [-0.05, 0) is 13.8 Å². The van der Waals surface area contributed by atoms with Crippen LogP contribution in [0.1, 0.15) is 6.92 Å². The second kappa shape index (κ2) is 9.52. The lowest BCUT2D eigenvalue weighted by molar-refractivity contribution is 1.54. The van der Waals surface area contributed by atoms with E-state index in [1.165, 1.54) is 0 Å². The monoisotopic (exact) mass is 109 g/mol. The lowest BCUT2D eigenvalue weighted by Gasteiger charge is -1.78. The molecule has 45 valence electrons. The topological polar surface area (TPSA) is 0 Å². The predicted octanol–water partition coefficient (Wildman–Crippen LogP) is 2.75. The molecule has 0 heteroatoms. The van der Waals surface area contributed by atoms with Crippen molar-refractivity contribution < 1.29 is 0 Å². The van der Waals surface area contributed by atoms with E-state index in [-0.39, 0.29) is 0 Å². The maximum atomic E-state index is 3.52. The Morgan fingerprint density at radius 3 is 1.75 bits per heavy atom. The van der Waals surface area contributed by atoms with E-state index in [1.54, 1.807) is 12.2 Å². The number of hydrogen-bond acceptors (Lipinski definition) is 0. The van der Waals surface area contributed by atoms with Crippen LogP contribution < -0.4 is 0 Å². The quantitative estimate of drug-likeness (QED) is 0.359. The van der Waals surface area contributed by atoms with Gasteiger partial charge < -0.3 is 0 Å². The van der Waals surface area contributed by atoms with E-state index in [1.807, 2.05) is 6.92 Å². The van der Waals surface area contributed by atoms with Crippen molar-refractivity contribution in [1.29, 1.82) is 0 Å². The van der Waals surface area contributed by atoms with Crippen LogP contribution in [0.15, 0.2) is 37.5 Å². The van der Waals surface area contributed by atoms with Crippen molar-refractivity contribution >= 4 is 0 Å². The highest BCUT2D eigenvalue weighted by Crippen LogP contribution is 1.87. The summed E-state index contributed by atoms with van der Waals surface area (Å²) < 4.78 is 0. The molecule has 0 aromatic rings. The zero-order chi connectivity index (χ0) is 6.99. The van der Waals surface area contributed by atoms with Crippen molar-refractivity contribution in [2.75, 3.05) is 0 Å². The molecule has 0 aromatic carbocycles. The average molecular weight is 109 g/mol. The summed E-state index contributed by atoms with van der Waals surface area (Å²) in [4.78, 5) is 0. The van der Waals surface area contributed by atoms with Gasteiger partial charge in [0.25, 0.3) is 0 Å². The average Bonchev–Trinajstić information content (AvgIpc) is 1.91. The van der Waals surface area contributed by atoms with Crippen LogP contribution in [0, 0.1) is 6.92 Å². The summed E-state index contributed by atoms with van der Waals surface area (Å²) in [6.07, 6.45) is 3.54. The standard InChI is InChI=1S/C6H9.C2H4/c1-4-6(3)5-2;1-2/h4-5H,1-2H2,3H3;1-2H2/b6-4-;. The summed E-state index contributed by atoms with van der Waals surface area (Å²) in [5.74, 6) is 0. The Bertz CT molecular complexity index is 78.0. The maximum absolute atomic E-state index is 3.52. The van der Waals surface area contributed by atoms with Crippen LogP contribution in [-0.4, -0.2) is 0 Å². The molecule has 0 aliphatic rings. The molecule has 1 radical (unpaired) electrons. The lowest BCUT2D eigenvalue weighted by atomic mass is 10.3. The molecule has 0 atom stereocenters. The first-order valence-electron chi connectivity index (χ1n) is 2.39. The van der Waals surface area contributed by atoms with Crippen LogP contribution in [0.3, 0.4) is 0 Å². The second-order valence-corrected chi connectivity index (χ2v) is 1.15. The Hall–Kier alpha value is -0.780. The lowest BCUT2D eigenvalue weighted by Crippen LogP contribution is -1.57. The van der Waals surface area contributed by atoms with Crippen molar-refractivity contribution in [3.05, 3.63) is 44.4 Å². The molecular formula is C8H13. The van der Waals surface area contributed by atoms with E-state index in [0.29, 0.717) is 0 Å². The van der Waals surface area contributed by atoms with E-state index in [4.69, 9.17) is 0 Å². The molecule has 0 rings (SSSR count). The fourth-order valence-corrected chi connectivity index (χ4v) is 0.0833. The molecule has 0 N–H and O–H groups in total. The zero-order valence-electron chi connectivity index (χ0n) is 5.48. The minimum atomic E-state index is 1.12. The van der Waals surface area contributed by atoms with Gasteiger partial charge in [0, 0.05) is 0 Å². The zero-order valence-corrected chi connectivity index (χ0v) is 5.48. The minimum Gasteiger partial charge on any atom is -0.106 e. The van der Waals surface area contributed by atoms with Gasteiger partial charge in [-0.1, -0.05) is 24.3 Å². The van der Waals surface area contributed by atoms with Gasteiger partial charge in [0.15, 0.2) is 0 Å². The Morgan fingerprint density at radius 2 is 1.75 bits per heavy atom. The summed E-state index contributed by atoms with van der Waals surface area (Å²) in [5.41, 5.74) is 1.12. The molecule has 0 nitrogen and oxygen atoms in total. The first-order valence-corrected chi connectivity index (χ1v) is 2.39. The normalized spacial score (nSPS) is 9.00. The van der Waals surface area contributed by atoms with Crippen molar-refractivity contribution in [2.24, 2.45) is 0 Å². The molecular weight excluding hydrogens is 96.1 g/mol. The van der Waals surface area contributed by atoms with Crippen LogP contribution >= 0.6 is 0 Å². The van der Waals surface area contributed by atoms with Gasteiger partial charge in [0.1, 0.15) is 0 Å². The Labute approximate surface area is 52.2 Å². The third-order valence-corrected chi connectivity index (χ3v) is 0.644. The van der Waals surface area contributed by atoms with Crippen molar-refractivity contribution in [1.82, 2.24) is 0 Å². The van der Waals surface area contributed by atoms with Gasteiger partial charge in [-0.3, -0.25) is 0 Å². The molecule has 0 heterocycles. The third kappa shape index (κ3) is 8.97. The summed E-state index contributed by atoms with van der Waals surface area (Å²) >= 11 is 0. The fourth-order valence-electron chi connectivity index (χ4n) is 0.0833. The van der Waals surface area contributed by atoms with Crippen molar-refractivity contribution in [3.63, 3.8) is 0 Å². The molecule has 0 unspecified atom stereocenters. The largest absolute Gasteiger partial charge is 0.106 e. The Morgan fingerprint density at radius 1 is 1.38 bits per heavy atom.